The summed E-state index contributed by atoms with van der Waals surface area (Å²) in [7, 11) is 0. The Morgan fingerprint density at radius 2 is 2.15 bits per heavy atom. The molecule has 0 aromatic carbocycles. The fourth-order valence-corrected chi connectivity index (χ4v) is 2.29. The lowest BCUT2D eigenvalue weighted by molar-refractivity contribution is 0.0913. The van der Waals surface area contributed by atoms with Crippen LogP contribution in [-0.2, 0) is 0 Å². The Labute approximate surface area is 85.5 Å². The van der Waals surface area contributed by atoms with Gasteiger partial charge >= 0.3 is 0 Å². The molecule has 1 aliphatic rings. The lowest BCUT2D eigenvalue weighted by Crippen LogP contribution is -2.42. The molecule has 1 rings (SSSR count). The van der Waals surface area contributed by atoms with Gasteiger partial charge in [-0.05, 0) is 37.8 Å². The second-order valence-corrected chi connectivity index (χ2v) is 4.74. The molecule has 13 heavy (non-hydrogen) atoms. The van der Waals surface area contributed by atoms with Gasteiger partial charge in [-0.1, -0.05) is 12.8 Å². The van der Waals surface area contributed by atoms with Gasteiger partial charge in [0, 0.05) is 6.04 Å². The van der Waals surface area contributed by atoms with E-state index >= 15 is 0 Å². The van der Waals surface area contributed by atoms with Crippen molar-refractivity contribution in [2.24, 2.45) is 0 Å². The summed E-state index contributed by atoms with van der Waals surface area (Å²) < 4.78 is 0. The minimum Gasteiger partial charge on any atom is -0.392 e. The maximum absolute atomic E-state index is 9.66. The average molecular weight is 203 g/mol. The maximum Gasteiger partial charge on any atom is 0.0693 e. The van der Waals surface area contributed by atoms with Crippen LogP contribution in [0.25, 0.3) is 0 Å². The van der Waals surface area contributed by atoms with E-state index < -0.39 is 0 Å². The van der Waals surface area contributed by atoms with Crippen LogP contribution in [0.15, 0.2) is 0 Å². The van der Waals surface area contributed by atoms with Gasteiger partial charge in [-0.3, -0.25) is 0 Å². The topological polar surface area (TPSA) is 32.3 Å². The molecule has 2 nitrogen and oxygen atoms in total. The molecular weight excluding hydrogens is 182 g/mol. The van der Waals surface area contributed by atoms with E-state index in [9.17, 15) is 5.11 Å². The first-order chi connectivity index (χ1) is 6.34. The summed E-state index contributed by atoms with van der Waals surface area (Å²) in [4.78, 5) is 0. The second-order valence-electron chi connectivity index (χ2n) is 3.76. The van der Waals surface area contributed by atoms with E-state index in [0.29, 0.717) is 6.04 Å². The van der Waals surface area contributed by atoms with E-state index in [4.69, 9.17) is 0 Å². The monoisotopic (exact) mass is 203 g/mol. The molecule has 0 heterocycles. The Bertz CT molecular complexity index is 132. The number of rotatable bonds is 5. The van der Waals surface area contributed by atoms with Crippen molar-refractivity contribution in [3.05, 3.63) is 0 Å². The van der Waals surface area contributed by atoms with E-state index in [-0.39, 0.29) is 6.10 Å². The molecule has 0 aliphatic heterocycles. The Morgan fingerprint density at radius 3 is 2.85 bits per heavy atom. The predicted molar refractivity (Wildman–Crippen MR) is 59.3 cm³/mol. The summed E-state index contributed by atoms with van der Waals surface area (Å²) in [5.74, 6) is 1.22. The van der Waals surface area contributed by atoms with Gasteiger partial charge in [0.2, 0.25) is 0 Å². The molecule has 0 spiro atoms. The van der Waals surface area contributed by atoms with Crippen LogP contribution in [0.3, 0.4) is 0 Å². The normalized spacial score (nSPS) is 29.1. The molecule has 0 radical (unpaired) electrons. The van der Waals surface area contributed by atoms with E-state index in [2.05, 4.69) is 11.6 Å². The zero-order valence-electron chi connectivity index (χ0n) is 8.46. The summed E-state index contributed by atoms with van der Waals surface area (Å²) in [5.41, 5.74) is 0. The standard InChI is InChI=1S/C10H21NOS/c1-13-8-4-7-11-9-5-2-3-6-10(9)12/h9-12H,2-8H2,1H3/t9-,10-/m1/s1. The molecule has 1 aliphatic carbocycles. The van der Waals surface area contributed by atoms with Crippen molar-refractivity contribution in [1.82, 2.24) is 5.32 Å². The molecule has 0 saturated heterocycles. The van der Waals surface area contributed by atoms with Crippen molar-refractivity contribution in [1.29, 1.82) is 0 Å². The highest BCUT2D eigenvalue weighted by molar-refractivity contribution is 7.98. The van der Waals surface area contributed by atoms with Crippen LogP contribution in [0.5, 0.6) is 0 Å². The first-order valence-corrected chi connectivity index (χ1v) is 6.64. The maximum atomic E-state index is 9.66. The van der Waals surface area contributed by atoms with E-state index in [1.54, 1.807) is 0 Å². The molecule has 1 fully saturated rings. The molecule has 78 valence electrons. The van der Waals surface area contributed by atoms with Crippen molar-refractivity contribution in [2.45, 2.75) is 44.2 Å². The van der Waals surface area contributed by atoms with Crippen molar-refractivity contribution < 1.29 is 5.11 Å². The summed E-state index contributed by atoms with van der Waals surface area (Å²) in [5, 5.41) is 13.1. The van der Waals surface area contributed by atoms with Crippen molar-refractivity contribution >= 4 is 11.8 Å². The summed E-state index contributed by atoms with van der Waals surface area (Å²) in [6.07, 6.45) is 7.87. The Balaban J connectivity index is 2.05. The molecule has 0 unspecified atom stereocenters. The fourth-order valence-electron chi connectivity index (χ4n) is 1.85. The quantitative estimate of drug-likeness (QED) is 0.666. The molecule has 0 bridgehead atoms. The van der Waals surface area contributed by atoms with Crippen LogP contribution in [0.1, 0.15) is 32.1 Å². The van der Waals surface area contributed by atoms with Crippen LogP contribution in [0, 0.1) is 0 Å². The minimum atomic E-state index is -0.0944. The number of aliphatic hydroxyl groups excluding tert-OH is 1. The van der Waals surface area contributed by atoms with E-state index in [1.807, 2.05) is 11.8 Å². The molecular formula is C10H21NOS. The molecule has 0 aromatic rings. The van der Waals surface area contributed by atoms with Gasteiger partial charge in [-0.2, -0.15) is 11.8 Å². The van der Waals surface area contributed by atoms with Gasteiger partial charge in [0.05, 0.1) is 6.10 Å². The first-order valence-electron chi connectivity index (χ1n) is 5.25. The summed E-state index contributed by atoms with van der Waals surface area (Å²) in [6.45, 7) is 1.06. The van der Waals surface area contributed by atoms with Gasteiger partial charge in [0.1, 0.15) is 0 Å². The molecule has 3 heteroatoms. The molecule has 0 amide bonds. The van der Waals surface area contributed by atoms with Crippen LogP contribution < -0.4 is 5.32 Å². The highest BCUT2D eigenvalue weighted by Gasteiger charge is 2.21. The average Bonchev–Trinajstić information content (AvgIpc) is 2.15. The third-order valence-electron chi connectivity index (χ3n) is 2.66. The molecule has 1 saturated carbocycles. The molecule has 2 atom stereocenters. The van der Waals surface area contributed by atoms with Gasteiger partial charge in [-0.25, -0.2) is 0 Å². The van der Waals surface area contributed by atoms with Crippen LogP contribution in [-0.4, -0.2) is 35.8 Å². The number of thioether (sulfide) groups is 1. The van der Waals surface area contributed by atoms with Crippen molar-refractivity contribution in [3.63, 3.8) is 0 Å². The first kappa shape index (κ1) is 11.3. The molecule has 2 N–H and O–H groups in total. The molecule has 0 aromatic heterocycles. The van der Waals surface area contributed by atoms with Gasteiger partial charge in [0.25, 0.3) is 0 Å². The number of hydrogen-bond acceptors (Lipinski definition) is 3. The van der Waals surface area contributed by atoms with Crippen molar-refractivity contribution in [2.75, 3.05) is 18.6 Å². The third-order valence-corrected chi connectivity index (χ3v) is 3.36. The third kappa shape index (κ3) is 4.34. The Hall–Kier alpha value is 0.270. The van der Waals surface area contributed by atoms with Crippen LogP contribution in [0.2, 0.25) is 0 Å². The van der Waals surface area contributed by atoms with Gasteiger partial charge < -0.3 is 10.4 Å². The van der Waals surface area contributed by atoms with E-state index in [1.165, 1.54) is 25.0 Å². The lowest BCUT2D eigenvalue weighted by atomic mass is 9.92. The van der Waals surface area contributed by atoms with E-state index in [0.717, 1.165) is 19.4 Å². The Morgan fingerprint density at radius 1 is 1.38 bits per heavy atom. The van der Waals surface area contributed by atoms with Crippen molar-refractivity contribution in [3.8, 4) is 0 Å². The number of hydrogen-bond donors (Lipinski definition) is 2. The predicted octanol–water partition coefficient (Wildman–Crippen LogP) is 1.63. The summed E-state index contributed by atoms with van der Waals surface area (Å²) in [6, 6.07) is 0.371. The van der Waals surface area contributed by atoms with Gasteiger partial charge in [0.15, 0.2) is 0 Å². The minimum absolute atomic E-state index is 0.0944. The zero-order chi connectivity index (χ0) is 9.52. The number of aliphatic hydroxyl groups is 1. The van der Waals surface area contributed by atoms with Crippen LogP contribution in [0.4, 0.5) is 0 Å². The van der Waals surface area contributed by atoms with Gasteiger partial charge in [-0.15, -0.1) is 0 Å². The highest BCUT2D eigenvalue weighted by Crippen LogP contribution is 2.18. The largest absolute Gasteiger partial charge is 0.392 e. The highest BCUT2D eigenvalue weighted by atomic mass is 32.2. The summed E-state index contributed by atoms with van der Waals surface area (Å²) >= 11 is 1.89. The SMILES string of the molecule is CSCCCN[C@@H]1CCCC[C@H]1O. The fraction of sp³-hybridized carbons (Fsp3) is 1.00. The second kappa shape index (κ2) is 6.68. The Kier molecular flexibility index (Phi) is 5.83. The zero-order valence-corrected chi connectivity index (χ0v) is 9.28. The lowest BCUT2D eigenvalue weighted by Gasteiger charge is -2.28. The number of nitrogens with one attached hydrogen (secondary N) is 1. The van der Waals surface area contributed by atoms with Crippen LogP contribution >= 0.6 is 11.8 Å². The smallest absolute Gasteiger partial charge is 0.0693 e.